The molecule has 186 valence electrons. The number of alkyl halides is 2. The zero-order valence-electron chi connectivity index (χ0n) is 19.3. The first-order valence-electron chi connectivity index (χ1n) is 11.5. The predicted octanol–water partition coefficient (Wildman–Crippen LogP) is 4.06. The van der Waals surface area contributed by atoms with Gasteiger partial charge in [-0.05, 0) is 24.3 Å². The van der Waals surface area contributed by atoms with Crippen LogP contribution in [0, 0.1) is 5.82 Å². The van der Waals surface area contributed by atoms with Crippen molar-refractivity contribution < 1.29 is 22.7 Å². The second-order valence-electron chi connectivity index (χ2n) is 9.27. The molecule has 8 nitrogen and oxygen atoms in total. The summed E-state index contributed by atoms with van der Waals surface area (Å²) in [6, 6.07) is 8.02. The van der Waals surface area contributed by atoms with Gasteiger partial charge in [-0.15, -0.1) is 0 Å². The lowest BCUT2D eigenvalue weighted by molar-refractivity contribution is -0.0494. The minimum absolute atomic E-state index is 0.0308. The number of carbonyl (C=O) groups excluding carboxylic acids is 1. The highest BCUT2D eigenvalue weighted by Gasteiger charge is 2.52. The van der Waals surface area contributed by atoms with Crippen LogP contribution in [0.3, 0.4) is 0 Å². The summed E-state index contributed by atoms with van der Waals surface area (Å²) in [5, 5.41) is 9.58. The number of hydrogen-bond acceptors (Lipinski definition) is 5. The minimum Gasteiger partial charge on any atom is -0.492 e. The van der Waals surface area contributed by atoms with Crippen LogP contribution in [0.2, 0.25) is 0 Å². The zero-order chi connectivity index (χ0) is 25.1. The van der Waals surface area contributed by atoms with Crippen LogP contribution in [0.5, 0.6) is 5.75 Å². The summed E-state index contributed by atoms with van der Waals surface area (Å²) in [6.07, 6.45) is 2.93. The van der Waals surface area contributed by atoms with Gasteiger partial charge < -0.3 is 30.7 Å². The maximum absolute atomic E-state index is 14.6. The van der Waals surface area contributed by atoms with E-state index in [1.165, 1.54) is 19.2 Å². The Morgan fingerprint density at radius 3 is 2.81 bits per heavy atom. The Kier molecular flexibility index (Phi) is 5.01. The molecular formula is C25H23F3N6O2. The van der Waals surface area contributed by atoms with Gasteiger partial charge in [-0.3, -0.25) is 4.79 Å². The number of aromatic nitrogens is 3. The van der Waals surface area contributed by atoms with Crippen LogP contribution >= 0.6 is 0 Å². The number of rotatable bonds is 4. The monoisotopic (exact) mass is 496 g/mol. The third-order valence-corrected chi connectivity index (χ3v) is 6.95. The molecular weight excluding hydrogens is 473 g/mol. The van der Waals surface area contributed by atoms with E-state index in [0.717, 1.165) is 5.39 Å². The molecule has 0 aliphatic carbocycles. The number of nitrogens with one attached hydrogen (secondary N) is 5. The van der Waals surface area contributed by atoms with E-state index in [1.54, 1.807) is 24.5 Å². The predicted molar refractivity (Wildman–Crippen MR) is 129 cm³/mol. The van der Waals surface area contributed by atoms with Crippen molar-refractivity contribution in [2.45, 2.75) is 17.8 Å². The average Bonchev–Trinajstić information content (AvgIpc) is 3.47. The van der Waals surface area contributed by atoms with E-state index < -0.39 is 36.0 Å². The molecule has 1 aromatic carbocycles. The van der Waals surface area contributed by atoms with Crippen molar-refractivity contribution >= 4 is 28.3 Å². The summed E-state index contributed by atoms with van der Waals surface area (Å²) < 4.78 is 49.0. The van der Waals surface area contributed by atoms with Crippen LogP contribution in [0.4, 0.5) is 24.5 Å². The summed E-state index contributed by atoms with van der Waals surface area (Å²) in [4.78, 5) is 24.0. The standard InChI is InChI=1S/C25H23F3N6O2/c1-36-20-15(26)3-2-4-16(20)33-19-17-21(24(11-32-23(17)35)9-25(27,28)12-29-10-24)34-18(19)13-5-7-30-22-14(13)6-8-31-22/h2-8,29,33-34H,9-12H2,1H3,(H,30,31)(H,32,35). The number of ether oxygens (including phenoxy) is 1. The van der Waals surface area contributed by atoms with Crippen molar-refractivity contribution in [2.75, 3.05) is 32.1 Å². The quantitative estimate of drug-likeness (QED) is 0.293. The molecule has 0 bridgehead atoms. The molecule has 0 saturated carbocycles. The van der Waals surface area contributed by atoms with E-state index in [0.29, 0.717) is 34.0 Å². The molecule has 1 saturated heterocycles. The summed E-state index contributed by atoms with van der Waals surface area (Å²) in [7, 11) is 1.35. The molecule has 5 N–H and O–H groups in total. The molecule has 1 fully saturated rings. The summed E-state index contributed by atoms with van der Waals surface area (Å²) in [5.74, 6) is -3.98. The van der Waals surface area contributed by atoms with Crippen molar-refractivity contribution in [3.05, 3.63) is 59.8 Å². The number of halogens is 3. The van der Waals surface area contributed by atoms with Crippen LogP contribution < -0.4 is 20.7 Å². The zero-order valence-corrected chi connectivity index (χ0v) is 19.3. The summed E-state index contributed by atoms with van der Waals surface area (Å²) in [6.45, 7) is -0.111. The Morgan fingerprint density at radius 1 is 1.14 bits per heavy atom. The number of pyridine rings is 1. The average molecular weight is 496 g/mol. The largest absolute Gasteiger partial charge is 0.492 e. The third-order valence-electron chi connectivity index (χ3n) is 6.95. The normalized spacial score (nSPS) is 20.8. The molecule has 36 heavy (non-hydrogen) atoms. The fraction of sp³-hybridized carbons (Fsp3) is 0.280. The molecule has 1 amide bonds. The molecule has 6 rings (SSSR count). The lowest BCUT2D eigenvalue weighted by Crippen LogP contribution is -2.60. The first kappa shape index (κ1) is 22.5. The van der Waals surface area contributed by atoms with Gasteiger partial charge in [-0.2, -0.15) is 0 Å². The molecule has 3 aromatic heterocycles. The van der Waals surface area contributed by atoms with Gasteiger partial charge in [0, 0.05) is 54.0 Å². The Morgan fingerprint density at radius 2 is 2.00 bits per heavy atom. The number of carbonyl (C=O) groups is 1. The van der Waals surface area contributed by atoms with Gasteiger partial charge in [0.05, 0.1) is 36.3 Å². The molecule has 11 heteroatoms. The van der Waals surface area contributed by atoms with Gasteiger partial charge in [-0.1, -0.05) is 6.07 Å². The van der Waals surface area contributed by atoms with Crippen molar-refractivity contribution in [3.8, 4) is 17.0 Å². The van der Waals surface area contributed by atoms with Gasteiger partial charge in [0.25, 0.3) is 11.8 Å². The second-order valence-corrected chi connectivity index (χ2v) is 9.27. The molecule has 2 aliphatic rings. The molecule has 1 atom stereocenters. The molecule has 2 aliphatic heterocycles. The number of H-pyrrole nitrogens is 2. The van der Waals surface area contributed by atoms with Crippen molar-refractivity contribution in [1.82, 2.24) is 25.6 Å². The van der Waals surface area contributed by atoms with E-state index in [9.17, 15) is 18.0 Å². The van der Waals surface area contributed by atoms with Crippen molar-refractivity contribution in [2.24, 2.45) is 0 Å². The van der Waals surface area contributed by atoms with E-state index in [4.69, 9.17) is 4.74 Å². The Bertz CT molecular complexity index is 1500. The maximum Gasteiger partial charge on any atom is 0.261 e. The van der Waals surface area contributed by atoms with Crippen LogP contribution in [0.1, 0.15) is 22.5 Å². The van der Waals surface area contributed by atoms with Crippen molar-refractivity contribution in [1.29, 1.82) is 0 Å². The Balaban J connectivity index is 1.61. The molecule has 4 aromatic rings. The third kappa shape index (κ3) is 3.41. The molecule has 1 spiro atoms. The highest BCUT2D eigenvalue weighted by Crippen LogP contribution is 2.47. The fourth-order valence-electron chi connectivity index (χ4n) is 5.41. The van der Waals surface area contributed by atoms with E-state index in [1.807, 2.05) is 6.07 Å². The van der Waals surface area contributed by atoms with E-state index in [2.05, 4.69) is 30.9 Å². The van der Waals surface area contributed by atoms with Crippen LogP contribution in [-0.4, -0.2) is 53.5 Å². The van der Waals surface area contributed by atoms with Gasteiger partial charge in [0.1, 0.15) is 5.65 Å². The number of para-hydroxylation sites is 1. The first-order valence-corrected chi connectivity index (χ1v) is 11.5. The topological polar surface area (TPSA) is 107 Å². The summed E-state index contributed by atoms with van der Waals surface area (Å²) in [5.41, 5.74) is 2.02. The number of benzene rings is 1. The van der Waals surface area contributed by atoms with Crippen LogP contribution in [0.25, 0.3) is 22.3 Å². The maximum atomic E-state index is 14.6. The lowest BCUT2D eigenvalue weighted by atomic mass is 9.73. The SMILES string of the molecule is COc1c(F)cccc1Nc1c(-c2ccnc3[nH]ccc23)[nH]c2c1C(=O)NCC21CNCC(F)(F)C1. The van der Waals surface area contributed by atoms with Crippen LogP contribution in [-0.2, 0) is 5.41 Å². The molecule has 1 unspecified atom stereocenters. The second kappa shape index (κ2) is 8.02. The van der Waals surface area contributed by atoms with Gasteiger partial charge in [0.2, 0.25) is 0 Å². The van der Waals surface area contributed by atoms with Crippen LogP contribution in [0.15, 0.2) is 42.7 Å². The van der Waals surface area contributed by atoms with Crippen molar-refractivity contribution in [3.63, 3.8) is 0 Å². The van der Waals surface area contributed by atoms with Gasteiger partial charge in [-0.25, -0.2) is 18.2 Å². The number of piperidine rings is 1. The lowest BCUT2D eigenvalue weighted by Gasteiger charge is -2.43. The Hall–Kier alpha value is -3.99. The van der Waals surface area contributed by atoms with E-state index in [-0.39, 0.29) is 24.4 Å². The minimum atomic E-state index is -2.95. The van der Waals surface area contributed by atoms with Gasteiger partial charge in [0.15, 0.2) is 11.6 Å². The number of hydrogen-bond donors (Lipinski definition) is 5. The van der Waals surface area contributed by atoms with E-state index >= 15 is 0 Å². The number of methoxy groups -OCH3 is 1. The highest BCUT2D eigenvalue weighted by atomic mass is 19.3. The number of anilines is 2. The number of aromatic amines is 2. The fourth-order valence-corrected chi connectivity index (χ4v) is 5.41. The number of amides is 1. The summed E-state index contributed by atoms with van der Waals surface area (Å²) >= 11 is 0. The Labute approximate surface area is 203 Å². The highest BCUT2D eigenvalue weighted by molar-refractivity contribution is 6.09. The molecule has 0 radical (unpaired) electrons. The van der Waals surface area contributed by atoms with Gasteiger partial charge >= 0.3 is 0 Å². The smallest absolute Gasteiger partial charge is 0.261 e. The molecule has 5 heterocycles. The number of nitrogens with zero attached hydrogens (tertiary/aromatic N) is 1. The first-order chi connectivity index (χ1) is 17.3. The number of fused-ring (bicyclic) bond motifs is 3.